The molecule has 0 aromatic rings. The summed E-state index contributed by atoms with van der Waals surface area (Å²) in [4.78, 5) is 10.4. The van der Waals surface area contributed by atoms with Gasteiger partial charge in [0.15, 0.2) is 0 Å². The van der Waals surface area contributed by atoms with E-state index in [1.165, 1.54) is 0 Å². The number of nitrogens with zero attached hydrogens (tertiary/aromatic N) is 1. The predicted octanol–water partition coefficient (Wildman–Crippen LogP) is 1.78. The molecule has 0 heterocycles. The molecular weight excluding hydrogens is 187 g/mol. The Balaban J connectivity index is 4.95. The van der Waals surface area contributed by atoms with E-state index < -0.39 is 24.2 Å². The zero-order valence-corrected chi connectivity index (χ0v) is 7.10. The Morgan fingerprint density at radius 1 is 1.54 bits per heavy atom. The van der Waals surface area contributed by atoms with Crippen LogP contribution in [-0.4, -0.2) is 17.7 Å². The Morgan fingerprint density at radius 2 is 2.00 bits per heavy atom. The Bertz CT molecular complexity index is 243. The summed E-state index contributed by atoms with van der Waals surface area (Å²) in [5.74, 6) is -1.12. The minimum absolute atomic E-state index is 0.618. The van der Waals surface area contributed by atoms with Gasteiger partial charge >= 0.3 is 12.1 Å². The van der Waals surface area contributed by atoms with Gasteiger partial charge in [-0.15, -0.1) is 0 Å². The molecule has 0 saturated carbocycles. The number of rotatable bonds is 2. The first-order valence-electron chi connectivity index (χ1n) is 3.46. The minimum Gasteiger partial charge on any atom is -0.434 e. The third-order valence-corrected chi connectivity index (χ3v) is 1.45. The SMILES string of the molecule is CC[C@](C#N)(OC(C)=O)C(F)(F)F. The van der Waals surface area contributed by atoms with Crippen molar-refractivity contribution in [3.05, 3.63) is 0 Å². The first-order chi connectivity index (χ1) is 5.79. The van der Waals surface area contributed by atoms with Crippen molar-refractivity contribution in [1.82, 2.24) is 0 Å². The Kier molecular flexibility index (Phi) is 3.29. The van der Waals surface area contributed by atoms with Crippen LogP contribution in [0.5, 0.6) is 0 Å². The molecule has 0 radical (unpaired) electrons. The number of halogens is 3. The number of hydrogen-bond acceptors (Lipinski definition) is 3. The molecule has 0 amide bonds. The van der Waals surface area contributed by atoms with Crippen LogP contribution in [0.2, 0.25) is 0 Å². The van der Waals surface area contributed by atoms with E-state index in [9.17, 15) is 18.0 Å². The van der Waals surface area contributed by atoms with Crippen molar-refractivity contribution >= 4 is 5.97 Å². The van der Waals surface area contributed by atoms with Crippen LogP contribution >= 0.6 is 0 Å². The summed E-state index contributed by atoms with van der Waals surface area (Å²) in [5, 5.41) is 8.31. The van der Waals surface area contributed by atoms with Gasteiger partial charge in [-0.25, -0.2) is 0 Å². The lowest BCUT2D eigenvalue weighted by atomic mass is 10.0. The van der Waals surface area contributed by atoms with Gasteiger partial charge in [-0.05, 0) is 0 Å². The fourth-order valence-corrected chi connectivity index (χ4v) is 0.741. The standard InChI is InChI=1S/C7H8F3NO2/c1-3-6(4-11,7(8,9)10)13-5(2)12/h3H2,1-2H3/t6-/m1/s1. The Hall–Kier alpha value is -1.25. The fourth-order valence-electron chi connectivity index (χ4n) is 0.741. The molecule has 0 fully saturated rings. The van der Waals surface area contributed by atoms with E-state index in [2.05, 4.69) is 4.74 Å². The van der Waals surface area contributed by atoms with Crippen molar-refractivity contribution in [3.8, 4) is 6.07 Å². The highest BCUT2D eigenvalue weighted by Gasteiger charge is 2.57. The first kappa shape index (κ1) is 11.8. The average molecular weight is 195 g/mol. The number of hydrogen-bond donors (Lipinski definition) is 0. The smallest absolute Gasteiger partial charge is 0.434 e. The van der Waals surface area contributed by atoms with Crippen LogP contribution in [-0.2, 0) is 9.53 Å². The second kappa shape index (κ2) is 3.64. The molecule has 0 N–H and O–H groups in total. The second-order valence-electron chi connectivity index (χ2n) is 2.38. The lowest BCUT2D eigenvalue weighted by Gasteiger charge is -2.26. The first-order valence-corrected chi connectivity index (χ1v) is 3.46. The highest BCUT2D eigenvalue weighted by Crippen LogP contribution is 2.35. The van der Waals surface area contributed by atoms with Gasteiger partial charge in [0.1, 0.15) is 6.07 Å². The van der Waals surface area contributed by atoms with Crippen LogP contribution in [0.25, 0.3) is 0 Å². The molecule has 1 atom stereocenters. The maximum Gasteiger partial charge on any atom is 0.442 e. The maximum atomic E-state index is 12.2. The van der Waals surface area contributed by atoms with Gasteiger partial charge in [0.05, 0.1) is 0 Å². The number of esters is 1. The normalized spacial score (nSPS) is 15.7. The van der Waals surface area contributed by atoms with Crippen LogP contribution in [0.4, 0.5) is 13.2 Å². The van der Waals surface area contributed by atoms with Crippen molar-refractivity contribution in [3.63, 3.8) is 0 Å². The van der Waals surface area contributed by atoms with Crippen molar-refractivity contribution in [2.75, 3.05) is 0 Å². The topological polar surface area (TPSA) is 50.1 Å². The van der Waals surface area contributed by atoms with Crippen molar-refractivity contribution in [2.24, 2.45) is 0 Å². The zero-order valence-electron chi connectivity index (χ0n) is 7.10. The zero-order chi connectivity index (χ0) is 10.7. The van der Waals surface area contributed by atoms with Gasteiger partial charge in [0.25, 0.3) is 5.60 Å². The van der Waals surface area contributed by atoms with Crippen LogP contribution < -0.4 is 0 Å². The van der Waals surface area contributed by atoms with E-state index in [-0.39, 0.29) is 0 Å². The number of carbonyl (C=O) groups is 1. The number of carbonyl (C=O) groups excluding carboxylic acids is 1. The molecule has 0 spiro atoms. The molecule has 0 aromatic carbocycles. The molecule has 0 aliphatic carbocycles. The van der Waals surface area contributed by atoms with Crippen LogP contribution in [0.15, 0.2) is 0 Å². The van der Waals surface area contributed by atoms with Crippen LogP contribution in [0, 0.1) is 11.3 Å². The molecule has 3 nitrogen and oxygen atoms in total. The third kappa shape index (κ3) is 2.34. The lowest BCUT2D eigenvalue weighted by molar-refractivity contribution is -0.249. The predicted molar refractivity (Wildman–Crippen MR) is 36.5 cm³/mol. The van der Waals surface area contributed by atoms with Gasteiger partial charge in [-0.2, -0.15) is 18.4 Å². The summed E-state index contributed by atoms with van der Waals surface area (Å²) in [6.45, 7) is 1.95. The molecule has 0 saturated heterocycles. The molecule has 0 aliphatic heterocycles. The summed E-state index contributed by atoms with van der Waals surface area (Å²) in [6, 6.07) is 0.968. The minimum atomic E-state index is -4.86. The second-order valence-corrected chi connectivity index (χ2v) is 2.38. The molecule has 0 aromatic heterocycles. The highest BCUT2D eigenvalue weighted by atomic mass is 19.4. The monoisotopic (exact) mass is 195 g/mol. The van der Waals surface area contributed by atoms with Gasteiger partial charge in [-0.1, -0.05) is 6.92 Å². The Labute approximate surface area is 73.1 Å². The number of alkyl halides is 3. The van der Waals surface area contributed by atoms with Crippen LogP contribution in [0.1, 0.15) is 20.3 Å². The van der Waals surface area contributed by atoms with Crippen molar-refractivity contribution in [1.29, 1.82) is 5.26 Å². The summed E-state index contributed by atoms with van der Waals surface area (Å²) in [6.07, 6.45) is -5.48. The summed E-state index contributed by atoms with van der Waals surface area (Å²) in [5.41, 5.74) is -3.00. The highest BCUT2D eigenvalue weighted by molar-refractivity contribution is 5.67. The van der Waals surface area contributed by atoms with Gasteiger partial charge < -0.3 is 4.74 Å². The van der Waals surface area contributed by atoms with Crippen molar-refractivity contribution in [2.45, 2.75) is 32.0 Å². The molecule has 0 aliphatic rings. The molecule has 0 rings (SSSR count). The van der Waals surface area contributed by atoms with E-state index in [0.717, 1.165) is 19.9 Å². The average Bonchev–Trinajstić information content (AvgIpc) is 1.97. The van der Waals surface area contributed by atoms with Crippen molar-refractivity contribution < 1.29 is 22.7 Å². The Morgan fingerprint density at radius 3 is 2.08 bits per heavy atom. The molecule has 13 heavy (non-hydrogen) atoms. The number of ether oxygens (including phenoxy) is 1. The molecular formula is C7H8F3NO2. The lowest BCUT2D eigenvalue weighted by Crippen LogP contribution is -2.46. The molecule has 74 valence electrons. The summed E-state index contributed by atoms with van der Waals surface area (Å²) >= 11 is 0. The fraction of sp³-hybridized carbons (Fsp3) is 0.714. The van der Waals surface area contributed by atoms with Gasteiger partial charge in [0, 0.05) is 13.3 Å². The largest absolute Gasteiger partial charge is 0.442 e. The summed E-state index contributed by atoms with van der Waals surface area (Å²) < 4.78 is 40.7. The molecule has 0 bridgehead atoms. The number of nitriles is 1. The van der Waals surface area contributed by atoms with Crippen LogP contribution in [0.3, 0.4) is 0 Å². The van der Waals surface area contributed by atoms with E-state index in [0.29, 0.717) is 0 Å². The molecule has 0 unspecified atom stereocenters. The van der Waals surface area contributed by atoms with E-state index >= 15 is 0 Å². The van der Waals surface area contributed by atoms with E-state index in [1.807, 2.05) is 0 Å². The maximum absolute atomic E-state index is 12.2. The van der Waals surface area contributed by atoms with Gasteiger partial charge in [-0.3, -0.25) is 4.79 Å². The summed E-state index contributed by atoms with van der Waals surface area (Å²) in [7, 11) is 0. The quantitative estimate of drug-likeness (QED) is 0.631. The van der Waals surface area contributed by atoms with Gasteiger partial charge in [0.2, 0.25) is 0 Å². The molecule has 6 heteroatoms. The van der Waals surface area contributed by atoms with E-state index in [1.54, 1.807) is 0 Å². The van der Waals surface area contributed by atoms with E-state index in [4.69, 9.17) is 5.26 Å². The third-order valence-electron chi connectivity index (χ3n) is 1.45.